The second-order valence-corrected chi connectivity index (χ2v) is 3.03. The highest BCUT2D eigenvalue weighted by molar-refractivity contribution is 9.10. The maximum Gasteiger partial charge on any atom is 0.387 e. The summed E-state index contributed by atoms with van der Waals surface area (Å²) in [6, 6.07) is 4.83. The van der Waals surface area contributed by atoms with Crippen molar-refractivity contribution in [3.8, 4) is 5.75 Å². The molecule has 0 atom stereocenters. The van der Waals surface area contributed by atoms with Crippen LogP contribution in [0.4, 0.5) is 8.78 Å². The monoisotopic (exact) mass is 248 g/mol. The molecule has 1 aromatic rings. The smallest absolute Gasteiger partial charge is 0.387 e. The van der Waals surface area contributed by atoms with Crippen LogP contribution >= 0.6 is 15.9 Å². The highest BCUT2D eigenvalue weighted by Gasteiger charge is 2.09. The lowest BCUT2D eigenvalue weighted by molar-refractivity contribution is -0.0503. The van der Waals surface area contributed by atoms with Gasteiger partial charge in [-0.3, -0.25) is 0 Å². The van der Waals surface area contributed by atoms with Crippen molar-refractivity contribution in [2.24, 2.45) is 0 Å². The van der Waals surface area contributed by atoms with Gasteiger partial charge < -0.3 is 4.74 Å². The molecular weight excluding hydrogens is 242 g/mol. The van der Waals surface area contributed by atoms with Crippen LogP contribution in [0.1, 0.15) is 5.56 Å². The summed E-state index contributed by atoms with van der Waals surface area (Å²) in [7, 11) is 0. The summed E-state index contributed by atoms with van der Waals surface area (Å²) in [4.78, 5) is 0. The molecule has 70 valence electrons. The molecule has 0 unspecified atom stereocenters. The molecule has 0 saturated carbocycles. The number of rotatable bonds is 3. The van der Waals surface area contributed by atoms with Gasteiger partial charge in [0, 0.05) is 0 Å². The predicted octanol–water partition coefficient (Wildman–Crippen LogP) is 3.69. The molecule has 0 bridgehead atoms. The summed E-state index contributed by atoms with van der Waals surface area (Å²) in [5, 5.41) is 0. The molecular formula is C9H7BrF2O. The van der Waals surface area contributed by atoms with E-state index in [4.69, 9.17) is 0 Å². The van der Waals surface area contributed by atoms with Crippen molar-refractivity contribution >= 4 is 22.0 Å². The van der Waals surface area contributed by atoms with E-state index in [0.717, 1.165) is 5.56 Å². The molecule has 0 radical (unpaired) electrons. The summed E-state index contributed by atoms with van der Waals surface area (Å²) in [5.74, 6) is 0.118. The first-order chi connectivity index (χ1) is 6.15. The molecule has 4 heteroatoms. The lowest BCUT2D eigenvalue weighted by Gasteiger charge is -2.07. The summed E-state index contributed by atoms with van der Waals surface area (Å²) >= 11 is 3.14. The summed E-state index contributed by atoms with van der Waals surface area (Å²) < 4.78 is 28.5. The molecule has 0 N–H and O–H groups in total. The number of halogens is 3. The normalized spacial score (nSPS) is 10.2. The van der Waals surface area contributed by atoms with E-state index in [1.54, 1.807) is 18.2 Å². The molecule has 13 heavy (non-hydrogen) atoms. The first-order valence-corrected chi connectivity index (χ1v) is 4.30. The fourth-order valence-electron chi connectivity index (χ4n) is 0.872. The Balaban J connectivity index is 3.01. The molecule has 1 rings (SSSR count). The second kappa shape index (κ2) is 4.37. The van der Waals surface area contributed by atoms with E-state index < -0.39 is 6.61 Å². The quantitative estimate of drug-likeness (QED) is 0.793. The van der Waals surface area contributed by atoms with Crippen LogP contribution in [0.25, 0.3) is 6.08 Å². The largest absolute Gasteiger partial charge is 0.434 e. The van der Waals surface area contributed by atoms with Gasteiger partial charge in [0.25, 0.3) is 0 Å². The molecule has 0 aliphatic rings. The van der Waals surface area contributed by atoms with Gasteiger partial charge >= 0.3 is 6.61 Å². The van der Waals surface area contributed by atoms with Crippen molar-refractivity contribution in [2.75, 3.05) is 0 Å². The number of hydrogen-bond donors (Lipinski definition) is 0. The first-order valence-electron chi connectivity index (χ1n) is 3.51. The second-order valence-electron chi connectivity index (χ2n) is 2.24. The van der Waals surface area contributed by atoms with Crippen LogP contribution < -0.4 is 4.74 Å². The minimum absolute atomic E-state index is 0.118. The Kier molecular flexibility index (Phi) is 3.42. The number of alkyl halides is 2. The molecule has 0 fully saturated rings. The van der Waals surface area contributed by atoms with Crippen molar-refractivity contribution in [1.29, 1.82) is 0 Å². The van der Waals surface area contributed by atoms with Crippen molar-refractivity contribution in [1.82, 2.24) is 0 Å². The molecule has 0 aromatic heterocycles. The Morgan fingerprint density at radius 1 is 1.46 bits per heavy atom. The minimum Gasteiger partial charge on any atom is -0.434 e. The summed E-state index contributed by atoms with van der Waals surface area (Å²) in [5.41, 5.74) is 0.721. The van der Waals surface area contributed by atoms with Gasteiger partial charge in [-0.05, 0) is 27.6 Å². The first kappa shape index (κ1) is 10.2. The Morgan fingerprint density at radius 2 is 2.15 bits per heavy atom. The molecule has 0 heterocycles. The molecule has 0 aliphatic carbocycles. The van der Waals surface area contributed by atoms with Crippen LogP contribution in [-0.2, 0) is 0 Å². The maximum absolute atomic E-state index is 11.9. The van der Waals surface area contributed by atoms with E-state index in [1.807, 2.05) is 0 Å². The van der Waals surface area contributed by atoms with Crippen LogP contribution in [0.5, 0.6) is 5.75 Å². The van der Waals surface area contributed by atoms with Crippen LogP contribution in [0.2, 0.25) is 0 Å². The molecule has 1 aromatic carbocycles. The van der Waals surface area contributed by atoms with Gasteiger partial charge in [0.2, 0.25) is 0 Å². The zero-order valence-electron chi connectivity index (χ0n) is 6.64. The average Bonchev–Trinajstić information content (AvgIpc) is 2.08. The van der Waals surface area contributed by atoms with E-state index in [2.05, 4.69) is 27.2 Å². The van der Waals surface area contributed by atoms with Gasteiger partial charge in [0.15, 0.2) is 0 Å². The van der Waals surface area contributed by atoms with E-state index in [0.29, 0.717) is 4.47 Å². The van der Waals surface area contributed by atoms with E-state index in [-0.39, 0.29) is 5.75 Å². The zero-order chi connectivity index (χ0) is 9.84. The Morgan fingerprint density at radius 3 is 2.69 bits per heavy atom. The Labute approximate surface area is 83.1 Å². The van der Waals surface area contributed by atoms with Crippen LogP contribution in [0, 0.1) is 0 Å². The molecule has 1 nitrogen and oxygen atoms in total. The van der Waals surface area contributed by atoms with Gasteiger partial charge in [0.1, 0.15) is 5.75 Å². The fourth-order valence-corrected chi connectivity index (χ4v) is 1.39. The SMILES string of the molecule is C=Cc1cccc(OC(F)F)c1Br. The molecule has 0 saturated heterocycles. The third kappa shape index (κ3) is 2.52. The fraction of sp³-hybridized carbons (Fsp3) is 0.111. The molecule has 0 aliphatic heterocycles. The maximum atomic E-state index is 11.9. The Hall–Kier alpha value is -0.900. The van der Waals surface area contributed by atoms with Gasteiger partial charge in [-0.1, -0.05) is 24.8 Å². The summed E-state index contributed by atoms with van der Waals surface area (Å²) in [6.07, 6.45) is 1.56. The van der Waals surface area contributed by atoms with Crippen LogP contribution in [0.3, 0.4) is 0 Å². The summed E-state index contributed by atoms with van der Waals surface area (Å²) in [6.45, 7) is 0.730. The Bertz CT molecular complexity index is 312. The van der Waals surface area contributed by atoms with E-state index in [9.17, 15) is 8.78 Å². The number of benzene rings is 1. The van der Waals surface area contributed by atoms with Crippen molar-refractivity contribution in [2.45, 2.75) is 6.61 Å². The van der Waals surface area contributed by atoms with Gasteiger partial charge in [0.05, 0.1) is 4.47 Å². The van der Waals surface area contributed by atoms with Crippen molar-refractivity contribution in [3.05, 3.63) is 34.8 Å². The van der Waals surface area contributed by atoms with E-state index >= 15 is 0 Å². The number of ether oxygens (including phenoxy) is 1. The van der Waals surface area contributed by atoms with Crippen LogP contribution in [0.15, 0.2) is 29.3 Å². The number of hydrogen-bond acceptors (Lipinski definition) is 1. The highest BCUT2D eigenvalue weighted by atomic mass is 79.9. The predicted molar refractivity (Wildman–Crippen MR) is 50.9 cm³/mol. The highest BCUT2D eigenvalue weighted by Crippen LogP contribution is 2.30. The van der Waals surface area contributed by atoms with Crippen LogP contribution in [-0.4, -0.2) is 6.61 Å². The molecule has 0 amide bonds. The van der Waals surface area contributed by atoms with E-state index in [1.165, 1.54) is 6.07 Å². The average molecular weight is 249 g/mol. The topological polar surface area (TPSA) is 9.23 Å². The zero-order valence-corrected chi connectivity index (χ0v) is 8.22. The molecule has 0 spiro atoms. The van der Waals surface area contributed by atoms with Gasteiger partial charge in [-0.15, -0.1) is 0 Å². The standard InChI is InChI=1S/C9H7BrF2O/c1-2-6-4-3-5-7(8(6)10)13-9(11)12/h2-5,9H,1H2. The lowest BCUT2D eigenvalue weighted by atomic mass is 10.2. The third-order valence-electron chi connectivity index (χ3n) is 1.43. The van der Waals surface area contributed by atoms with Gasteiger partial charge in [-0.25, -0.2) is 0 Å². The van der Waals surface area contributed by atoms with Gasteiger partial charge in [-0.2, -0.15) is 8.78 Å². The third-order valence-corrected chi connectivity index (χ3v) is 2.28. The lowest BCUT2D eigenvalue weighted by Crippen LogP contribution is -2.02. The minimum atomic E-state index is -2.81. The van der Waals surface area contributed by atoms with Crippen molar-refractivity contribution in [3.63, 3.8) is 0 Å². The van der Waals surface area contributed by atoms with Crippen molar-refractivity contribution < 1.29 is 13.5 Å².